The third-order valence-electron chi connectivity index (χ3n) is 11.7. The second kappa shape index (κ2) is 12.6. The average Bonchev–Trinajstić information content (AvgIpc) is 3.84. The van der Waals surface area contributed by atoms with E-state index < -0.39 is 96.8 Å². The van der Waals surface area contributed by atoms with Gasteiger partial charge < -0.3 is 20.6 Å². The average molecular weight is 851 g/mol. The highest BCUT2D eigenvalue weighted by Gasteiger charge is 2.48. The minimum atomic E-state index is -4.66. The Morgan fingerprint density at radius 2 is 1.04 bits per heavy atom. The van der Waals surface area contributed by atoms with Gasteiger partial charge in [-0.3, -0.25) is 18.2 Å². The number of aromatic amines is 2. The van der Waals surface area contributed by atoms with Crippen molar-refractivity contribution < 1.29 is 51.9 Å². The summed E-state index contributed by atoms with van der Waals surface area (Å²) in [6.45, 7) is 0. The number of benzene rings is 2. The maximum absolute atomic E-state index is 12.4. The van der Waals surface area contributed by atoms with E-state index in [1.54, 1.807) is 0 Å². The van der Waals surface area contributed by atoms with Crippen LogP contribution in [0, 0.1) is 23.7 Å². The number of aliphatic imine (C=N–C) groups is 2. The fourth-order valence-corrected chi connectivity index (χ4v) is 11.8. The number of anilines is 2. The normalized spacial score (nSPS) is 30.5. The number of rotatable bonds is 4. The first-order valence-electron chi connectivity index (χ1n) is 17.5. The fraction of sp³-hybridized carbons (Fsp3) is 0.438. The summed E-state index contributed by atoms with van der Waals surface area (Å²) in [5, 5.41) is 5.74. The Morgan fingerprint density at radius 1 is 0.518 bits per heavy atom. The topological polar surface area (TPSA) is 323 Å². The van der Waals surface area contributed by atoms with Crippen molar-refractivity contribution in [3.63, 3.8) is 0 Å². The highest BCUT2D eigenvalue weighted by atomic mass is 32.2. The van der Waals surface area contributed by atoms with Crippen LogP contribution in [-0.2, 0) is 40.5 Å². The minimum absolute atomic E-state index is 0.00674. The molecule has 56 heavy (non-hydrogen) atoms. The van der Waals surface area contributed by atoms with E-state index in [2.05, 4.69) is 20.6 Å². The molecule has 4 aromatic rings. The van der Waals surface area contributed by atoms with Crippen molar-refractivity contribution in [1.82, 2.24) is 9.97 Å². The van der Waals surface area contributed by atoms with Crippen molar-refractivity contribution in [2.75, 3.05) is 10.6 Å². The Bertz CT molecular complexity index is 3020. The molecule has 298 valence electrons. The van der Waals surface area contributed by atoms with Crippen molar-refractivity contribution in [3.05, 3.63) is 47.4 Å². The molecule has 2 fully saturated rings. The number of nitrogens with one attached hydrogen (secondary N) is 4. The molecule has 2 aromatic heterocycles. The van der Waals surface area contributed by atoms with Crippen molar-refractivity contribution in [2.45, 2.75) is 71.1 Å². The number of nitrogens with zero attached hydrogens (tertiary/aromatic N) is 4. The van der Waals surface area contributed by atoms with Crippen LogP contribution >= 0.6 is 0 Å². The molecule has 9 rings (SSSR count). The molecular weight excluding hydrogens is 817 g/mol. The summed E-state index contributed by atoms with van der Waals surface area (Å²) >= 11 is 0. The third kappa shape index (κ3) is 6.40. The molecule has 0 spiro atoms. The van der Waals surface area contributed by atoms with Crippen LogP contribution in [0.2, 0.25) is 0 Å². The smallest absolute Gasteiger partial charge is 0.294 e. The lowest BCUT2D eigenvalue weighted by Gasteiger charge is -2.32. The molecule has 0 saturated heterocycles. The summed E-state index contributed by atoms with van der Waals surface area (Å²) < 4.78 is 138. The van der Waals surface area contributed by atoms with Crippen molar-refractivity contribution in [3.8, 4) is 0 Å². The number of amidine groups is 2. The first-order chi connectivity index (χ1) is 26.2. The third-order valence-corrected chi connectivity index (χ3v) is 15.9. The predicted molar refractivity (Wildman–Crippen MR) is 201 cm³/mol. The van der Waals surface area contributed by atoms with Crippen LogP contribution in [0.1, 0.15) is 38.5 Å². The van der Waals surface area contributed by atoms with Crippen LogP contribution in [-0.4, -0.2) is 96.4 Å². The molecule has 8 N–H and O–H groups in total. The van der Waals surface area contributed by atoms with E-state index in [1.807, 2.05) is 0 Å². The van der Waals surface area contributed by atoms with Gasteiger partial charge in [0.2, 0.25) is 0 Å². The zero-order valence-electron chi connectivity index (χ0n) is 28.8. The Balaban J connectivity index is 1.29. The molecule has 5 heterocycles. The van der Waals surface area contributed by atoms with Crippen LogP contribution in [0.15, 0.2) is 66.2 Å². The monoisotopic (exact) mass is 850 g/mol. The molecule has 24 heteroatoms. The van der Waals surface area contributed by atoms with Crippen molar-refractivity contribution in [2.24, 2.45) is 43.6 Å². The van der Waals surface area contributed by atoms with Gasteiger partial charge in [0.1, 0.15) is 46.6 Å². The van der Waals surface area contributed by atoms with Gasteiger partial charge in [0.05, 0.1) is 20.3 Å². The lowest BCUT2D eigenvalue weighted by Crippen LogP contribution is -2.38. The standard InChI is InChI=1S/C32H34N8O12S4/c41-53(42,43)13-1-5-17-21(9-13)29-33-25(17)37-30-22-10-14(54(44,45)46)2-6-18(22)27(34-30)39-32-24-12-16(56(50,51)52)4-8-20(24)28(36-32)40-31-23-11-15(55(47,48)49)3-7-19(23)26(35-31)38-29/h1,4-5,8-9,12,14-15,18-19,22-23,26,30,36H,2-3,6-7,10-11H2,(H,34,39)(H,35,40)(H,33,37,38)(H,41,42,43)(H,44,45,46)(H,47,48,49)(H,50,51,52). The molecule has 0 amide bonds. The fourth-order valence-electron chi connectivity index (χ4n) is 8.99. The first-order valence-corrected chi connectivity index (χ1v) is 23.4. The van der Waals surface area contributed by atoms with E-state index in [9.17, 15) is 51.9 Å². The molecule has 20 nitrogen and oxygen atoms in total. The van der Waals surface area contributed by atoms with Crippen molar-refractivity contribution in [1.29, 1.82) is 0 Å². The van der Waals surface area contributed by atoms with Gasteiger partial charge in [-0.2, -0.15) is 33.7 Å². The zero-order valence-corrected chi connectivity index (χ0v) is 32.1. The van der Waals surface area contributed by atoms with E-state index in [0.29, 0.717) is 33.6 Å². The van der Waals surface area contributed by atoms with Gasteiger partial charge in [0.25, 0.3) is 40.5 Å². The summed E-state index contributed by atoms with van der Waals surface area (Å²) in [5.74, 6) is -0.735. The molecule has 8 atom stereocenters. The van der Waals surface area contributed by atoms with E-state index >= 15 is 0 Å². The lowest BCUT2D eigenvalue weighted by atomic mass is 9.78. The highest BCUT2D eigenvalue weighted by Crippen LogP contribution is 2.45. The van der Waals surface area contributed by atoms with Crippen LogP contribution in [0.3, 0.4) is 0 Å². The Morgan fingerprint density at radius 3 is 1.66 bits per heavy atom. The molecule has 5 aliphatic rings. The van der Waals surface area contributed by atoms with E-state index in [4.69, 9.17) is 20.0 Å². The summed E-state index contributed by atoms with van der Waals surface area (Å²) in [6, 6.07) is 7.78. The van der Waals surface area contributed by atoms with Crippen LogP contribution in [0.25, 0.3) is 21.5 Å². The number of hydrogen-bond donors (Lipinski definition) is 8. The predicted octanol–water partition coefficient (Wildman–Crippen LogP) is 1.74. The summed E-state index contributed by atoms with van der Waals surface area (Å²) in [7, 11) is -18.2. The summed E-state index contributed by atoms with van der Waals surface area (Å²) in [4.78, 5) is 25.1. The second-order valence-corrected chi connectivity index (χ2v) is 21.1. The highest BCUT2D eigenvalue weighted by molar-refractivity contribution is 7.87. The van der Waals surface area contributed by atoms with Crippen LogP contribution in [0.5, 0.6) is 0 Å². The second-order valence-electron chi connectivity index (χ2n) is 14.9. The Kier molecular flexibility index (Phi) is 8.39. The summed E-state index contributed by atoms with van der Waals surface area (Å²) in [5.41, 5.74) is 0.344. The zero-order chi connectivity index (χ0) is 39.7. The largest absolute Gasteiger partial charge is 0.329 e. The van der Waals surface area contributed by atoms with Crippen LogP contribution in [0.4, 0.5) is 11.6 Å². The maximum atomic E-state index is 12.4. The molecule has 8 bridgehead atoms. The van der Waals surface area contributed by atoms with E-state index in [-0.39, 0.29) is 60.7 Å². The maximum Gasteiger partial charge on any atom is 0.294 e. The quantitative estimate of drug-likeness (QED) is 0.136. The SMILES string of the molecule is O=S(=O)(O)c1ccc2c3[nH]c(c2c1)NC1=NC(/N=c2\[nH]/c(c4cc(S(=O)(=O)O)ccc24)=N\C2N=C(N3)C3CC(S(=O)(=O)O)CCC23)C2CC(S(=O)(=O)O)CCC12. The van der Waals surface area contributed by atoms with Gasteiger partial charge in [-0.25, -0.2) is 20.0 Å². The lowest BCUT2D eigenvalue weighted by molar-refractivity contribution is 0.275. The van der Waals surface area contributed by atoms with Gasteiger partial charge in [0.15, 0.2) is 0 Å². The Hall–Kier alpha value is -4.30. The molecule has 2 aromatic carbocycles. The minimum Gasteiger partial charge on any atom is -0.329 e. The Labute approximate surface area is 318 Å². The number of aromatic nitrogens is 2. The van der Waals surface area contributed by atoms with Gasteiger partial charge in [-0.1, -0.05) is 0 Å². The molecule has 3 aliphatic heterocycles. The molecular formula is C32H34N8O12S4. The van der Waals surface area contributed by atoms with Gasteiger partial charge >= 0.3 is 0 Å². The van der Waals surface area contributed by atoms with E-state index in [1.165, 1.54) is 36.4 Å². The van der Waals surface area contributed by atoms with Crippen LogP contribution < -0.4 is 21.6 Å². The number of H-pyrrole nitrogens is 2. The molecule has 2 aliphatic carbocycles. The van der Waals surface area contributed by atoms with Gasteiger partial charge in [0, 0.05) is 45.2 Å². The van der Waals surface area contributed by atoms with Gasteiger partial charge in [-0.05, 0) is 74.9 Å². The molecule has 2 saturated carbocycles. The molecule has 8 unspecified atom stereocenters. The first kappa shape index (κ1) is 37.3. The summed E-state index contributed by atoms with van der Waals surface area (Å²) in [6.07, 6.45) is -1.07. The van der Waals surface area contributed by atoms with E-state index in [0.717, 1.165) is 0 Å². The molecule has 0 radical (unpaired) electrons. The van der Waals surface area contributed by atoms with Crippen molar-refractivity contribution >= 4 is 85.3 Å². The van der Waals surface area contributed by atoms with Gasteiger partial charge in [-0.15, -0.1) is 0 Å². The number of hydrogen-bond acceptors (Lipinski definition) is 14. The number of fused-ring (bicyclic) bond motifs is 18.